The molecule has 1 atom stereocenters. The molecule has 1 saturated heterocycles. The van der Waals surface area contributed by atoms with Gasteiger partial charge < -0.3 is 33.9 Å². The summed E-state index contributed by atoms with van der Waals surface area (Å²) >= 11 is 0. The number of anilines is 1. The van der Waals surface area contributed by atoms with Crippen LogP contribution in [0, 0.1) is 10.7 Å². The molecule has 0 radical (unpaired) electrons. The molecule has 16 heteroatoms. The highest BCUT2D eigenvalue weighted by Crippen LogP contribution is 2.44. The highest BCUT2D eigenvalue weighted by Gasteiger charge is 2.34. The van der Waals surface area contributed by atoms with Gasteiger partial charge in [0.1, 0.15) is 23.5 Å². The number of nitroso groups, excluding NO2 is 1. The number of nitrogens with zero attached hydrogens (tertiary/aromatic N) is 8. The topological polar surface area (TPSA) is 177 Å². The standard InChI is InChI=1S/C32H31FN8O7/c1-17-12-37(28-23(33)11-21-27(30(28)48-2)40(19-7-8-19)15-22(29(21)43)32(45)46)9-10-39(17)25(42)16-38-13-18(34-36-38)14-41-24-6-4-3-5-20(24)26(35-47)31(41)44/h3-6,11,13,15,17,19,44H,7-10,12,14,16H2,1-2H3,(H,45,46). The molecule has 48 heavy (non-hydrogen) atoms. The third-order valence-electron chi connectivity index (χ3n) is 9.05. The maximum absolute atomic E-state index is 15.8. The quantitative estimate of drug-likeness (QED) is 0.222. The number of piperazine rings is 1. The summed E-state index contributed by atoms with van der Waals surface area (Å²) in [5.74, 6) is -2.47. The molecule has 2 fully saturated rings. The number of para-hydroxylation sites is 1. The summed E-state index contributed by atoms with van der Waals surface area (Å²) in [6.07, 6.45) is 4.49. The van der Waals surface area contributed by atoms with Gasteiger partial charge in [0.2, 0.25) is 17.2 Å². The van der Waals surface area contributed by atoms with Gasteiger partial charge in [-0.3, -0.25) is 9.59 Å². The minimum atomic E-state index is -1.38. The Morgan fingerprint density at radius 3 is 2.60 bits per heavy atom. The average Bonchev–Trinajstić information content (AvgIpc) is 3.76. The van der Waals surface area contributed by atoms with Crippen LogP contribution in [0.25, 0.3) is 21.8 Å². The normalized spacial score (nSPS) is 16.5. The van der Waals surface area contributed by atoms with Crippen LogP contribution in [0.4, 0.5) is 15.8 Å². The Labute approximate surface area is 271 Å². The van der Waals surface area contributed by atoms with Crippen LogP contribution < -0.4 is 15.1 Å². The molecule has 2 N–H and O–H groups in total. The van der Waals surface area contributed by atoms with Crippen LogP contribution in [-0.2, 0) is 17.9 Å². The summed E-state index contributed by atoms with van der Waals surface area (Å²) in [7, 11) is 1.39. The third kappa shape index (κ3) is 5.09. The molecule has 1 saturated carbocycles. The maximum atomic E-state index is 15.8. The summed E-state index contributed by atoms with van der Waals surface area (Å²) in [5.41, 5.74) is 0.279. The van der Waals surface area contributed by atoms with Crippen LogP contribution in [0.1, 0.15) is 41.9 Å². The third-order valence-corrected chi connectivity index (χ3v) is 9.05. The fourth-order valence-corrected chi connectivity index (χ4v) is 6.66. The molecule has 1 aliphatic heterocycles. The lowest BCUT2D eigenvalue weighted by atomic mass is 10.1. The number of aromatic hydroxyl groups is 1. The van der Waals surface area contributed by atoms with E-state index in [-0.39, 0.29) is 79.1 Å². The Hall–Kier alpha value is -5.80. The number of carboxylic acid groups (broad SMARTS) is 1. The second kappa shape index (κ2) is 11.8. The molecule has 248 valence electrons. The van der Waals surface area contributed by atoms with E-state index in [1.54, 1.807) is 44.8 Å². The van der Waals surface area contributed by atoms with E-state index in [9.17, 15) is 29.5 Å². The van der Waals surface area contributed by atoms with Crippen molar-refractivity contribution in [3.8, 4) is 11.6 Å². The van der Waals surface area contributed by atoms with Crippen LogP contribution in [0.15, 0.2) is 52.7 Å². The number of benzene rings is 2. The monoisotopic (exact) mass is 658 g/mol. The molecule has 2 aliphatic rings. The molecule has 0 spiro atoms. The van der Waals surface area contributed by atoms with Gasteiger partial charge in [0.15, 0.2) is 17.3 Å². The first-order chi connectivity index (χ1) is 23.1. The first-order valence-corrected chi connectivity index (χ1v) is 15.4. The van der Waals surface area contributed by atoms with E-state index in [0.717, 1.165) is 18.9 Å². The van der Waals surface area contributed by atoms with Crippen molar-refractivity contribution in [2.75, 3.05) is 31.6 Å². The number of rotatable bonds is 9. The number of amides is 1. The molecule has 4 heterocycles. The molecule has 3 aromatic heterocycles. The molecule has 7 rings (SSSR count). The number of methoxy groups -OCH3 is 1. The highest BCUT2D eigenvalue weighted by atomic mass is 19.1. The number of aromatic nitrogens is 5. The van der Waals surface area contributed by atoms with E-state index >= 15 is 4.39 Å². The van der Waals surface area contributed by atoms with E-state index in [2.05, 4.69) is 15.5 Å². The molecular weight excluding hydrogens is 627 g/mol. The Balaban J connectivity index is 1.09. The highest BCUT2D eigenvalue weighted by molar-refractivity contribution is 5.97. The van der Waals surface area contributed by atoms with Gasteiger partial charge in [-0.15, -0.1) is 10.0 Å². The first-order valence-electron chi connectivity index (χ1n) is 15.4. The van der Waals surface area contributed by atoms with Crippen LogP contribution in [0.2, 0.25) is 0 Å². The van der Waals surface area contributed by atoms with Gasteiger partial charge in [-0.1, -0.05) is 23.4 Å². The summed E-state index contributed by atoms with van der Waals surface area (Å²) in [4.78, 5) is 53.0. The lowest BCUT2D eigenvalue weighted by Crippen LogP contribution is -2.55. The van der Waals surface area contributed by atoms with Crippen molar-refractivity contribution in [2.45, 2.75) is 44.9 Å². The average molecular weight is 659 g/mol. The van der Waals surface area contributed by atoms with E-state index in [4.69, 9.17) is 4.74 Å². The van der Waals surface area contributed by atoms with Crippen molar-refractivity contribution in [1.29, 1.82) is 0 Å². The van der Waals surface area contributed by atoms with Gasteiger partial charge in [-0.05, 0) is 37.1 Å². The minimum absolute atomic E-state index is 0.0248. The Morgan fingerprint density at radius 2 is 1.92 bits per heavy atom. The molecule has 0 bridgehead atoms. The van der Waals surface area contributed by atoms with Crippen molar-refractivity contribution in [3.63, 3.8) is 0 Å². The first kappa shape index (κ1) is 30.8. The second-order valence-electron chi connectivity index (χ2n) is 12.1. The van der Waals surface area contributed by atoms with Crippen LogP contribution in [-0.4, -0.2) is 83.9 Å². The van der Waals surface area contributed by atoms with Crippen molar-refractivity contribution < 1.29 is 28.9 Å². The predicted octanol–water partition coefficient (Wildman–Crippen LogP) is 3.62. The maximum Gasteiger partial charge on any atom is 0.341 e. The number of hydrogen-bond donors (Lipinski definition) is 2. The second-order valence-corrected chi connectivity index (χ2v) is 12.1. The molecule has 1 amide bonds. The number of hydrogen-bond acceptors (Lipinski definition) is 10. The smallest absolute Gasteiger partial charge is 0.341 e. The van der Waals surface area contributed by atoms with Gasteiger partial charge in [0, 0.05) is 43.3 Å². The van der Waals surface area contributed by atoms with Gasteiger partial charge >= 0.3 is 5.97 Å². The van der Waals surface area contributed by atoms with Gasteiger partial charge in [-0.2, -0.15) is 0 Å². The van der Waals surface area contributed by atoms with E-state index in [1.165, 1.54) is 22.6 Å². The Morgan fingerprint density at radius 1 is 1.15 bits per heavy atom. The zero-order valence-electron chi connectivity index (χ0n) is 26.0. The summed E-state index contributed by atoms with van der Waals surface area (Å²) < 4.78 is 26.1. The van der Waals surface area contributed by atoms with Crippen LogP contribution in [0.5, 0.6) is 11.6 Å². The molecule has 2 aromatic carbocycles. The lowest BCUT2D eigenvalue weighted by molar-refractivity contribution is -0.134. The summed E-state index contributed by atoms with van der Waals surface area (Å²) in [5, 5.41) is 31.8. The summed E-state index contributed by atoms with van der Waals surface area (Å²) in [6.45, 7) is 2.63. The largest absolute Gasteiger partial charge is 0.493 e. The summed E-state index contributed by atoms with van der Waals surface area (Å²) in [6, 6.07) is 7.67. The number of carbonyl (C=O) groups is 2. The number of fused-ring (bicyclic) bond motifs is 2. The minimum Gasteiger partial charge on any atom is -0.493 e. The van der Waals surface area contributed by atoms with Crippen LogP contribution >= 0.6 is 0 Å². The number of carbonyl (C=O) groups excluding carboxylic acids is 1. The SMILES string of the molecule is COc1c(N2CCN(C(=O)Cn3cc(Cn4c(O)c(N=O)c5ccccc54)nn3)C(C)C2)c(F)cc2c(=O)c(C(=O)O)cn(C3CC3)c12. The van der Waals surface area contributed by atoms with Crippen molar-refractivity contribution in [2.24, 2.45) is 5.18 Å². The number of aromatic carboxylic acids is 1. The van der Waals surface area contributed by atoms with Gasteiger partial charge in [0.25, 0.3) is 0 Å². The fourth-order valence-electron chi connectivity index (χ4n) is 6.66. The van der Waals surface area contributed by atoms with Gasteiger partial charge in [-0.25, -0.2) is 13.9 Å². The zero-order valence-corrected chi connectivity index (χ0v) is 26.0. The number of ether oxygens (including phenoxy) is 1. The van der Waals surface area contributed by atoms with E-state index < -0.39 is 22.8 Å². The number of carboxylic acids is 1. The van der Waals surface area contributed by atoms with E-state index in [0.29, 0.717) is 22.1 Å². The molecular formula is C32H31FN8O7. The Bertz CT molecular complexity index is 2190. The molecule has 1 unspecified atom stereocenters. The van der Waals surface area contributed by atoms with Crippen molar-refractivity contribution in [3.05, 3.63) is 74.9 Å². The fraction of sp³-hybridized carbons (Fsp3) is 0.344. The number of pyridine rings is 1. The van der Waals surface area contributed by atoms with Crippen LogP contribution in [0.3, 0.4) is 0 Å². The van der Waals surface area contributed by atoms with Crippen molar-refractivity contribution in [1.82, 2.24) is 29.0 Å². The Kier molecular flexibility index (Phi) is 7.56. The molecule has 15 nitrogen and oxygen atoms in total. The molecule has 1 aliphatic carbocycles. The lowest BCUT2D eigenvalue weighted by Gasteiger charge is -2.41. The number of halogens is 1. The molecule has 5 aromatic rings. The predicted molar refractivity (Wildman–Crippen MR) is 172 cm³/mol. The zero-order chi connectivity index (χ0) is 33.9. The van der Waals surface area contributed by atoms with E-state index in [1.807, 2.05) is 6.92 Å². The van der Waals surface area contributed by atoms with Gasteiger partial charge in [0.05, 0.1) is 36.3 Å². The van der Waals surface area contributed by atoms with Crippen molar-refractivity contribution >= 4 is 45.1 Å².